The van der Waals surface area contributed by atoms with Crippen LogP contribution in [0.3, 0.4) is 0 Å². The van der Waals surface area contributed by atoms with Gasteiger partial charge in [0.2, 0.25) is 0 Å². The summed E-state index contributed by atoms with van der Waals surface area (Å²) in [4.78, 5) is 22.4. The van der Waals surface area contributed by atoms with Crippen LogP contribution in [0.1, 0.15) is 161 Å². The first-order valence-corrected chi connectivity index (χ1v) is 25.8. The van der Waals surface area contributed by atoms with E-state index in [9.17, 15) is 9.59 Å². The monoisotopic (exact) mass is 1260 g/mol. The van der Waals surface area contributed by atoms with Crippen LogP contribution < -0.4 is 0 Å². The molecule has 0 aromatic rings. The third-order valence-electron chi connectivity index (χ3n) is 21.0. The minimum absolute atomic E-state index is 0. The molecule has 0 aromatic heterocycles. The fraction of sp³-hybridized carbons (Fsp3) is 0.786. The molecule has 12 rings (SSSR count). The topological polar surface area (TPSA) is 71.1 Å². The lowest BCUT2D eigenvalue weighted by Gasteiger charge is -2.08. The Morgan fingerprint density at radius 1 is 0.386 bits per heavy atom. The molecule has 0 amide bonds. The number of carbonyl (C=O) groups excluding carboxylic acids is 2. The van der Waals surface area contributed by atoms with E-state index in [-0.39, 0.29) is 49.5 Å². The van der Waals surface area contributed by atoms with E-state index in [1.54, 1.807) is 0 Å². The number of hydrogen-bond acceptors (Lipinski definition) is 6. The Labute approximate surface area is 475 Å². The van der Waals surface area contributed by atoms with Crippen LogP contribution in [0.4, 0.5) is 96.4 Å². The predicted molar refractivity (Wildman–Crippen MR) is 280 cm³/mol. The van der Waals surface area contributed by atoms with Crippen molar-refractivity contribution in [3.8, 4) is 0 Å². The van der Waals surface area contributed by atoms with Gasteiger partial charge in [-0.15, -0.1) is 0 Å². The normalized spacial score (nSPS) is 38.4. The first kappa shape index (κ1) is 92.6. The van der Waals surface area contributed by atoms with Crippen molar-refractivity contribution < 1.29 is 125 Å². The highest BCUT2D eigenvalue weighted by molar-refractivity contribution is 5.93. The lowest BCUT2D eigenvalue weighted by molar-refractivity contribution is -0.122. The van der Waals surface area contributed by atoms with Crippen LogP contribution in [0.2, 0.25) is 0 Å². The molecule has 27 heteroatoms. The number of hydrogen-bond donors (Lipinski definition) is 0. The molecule has 8 aliphatic carbocycles. The molecule has 0 radical (unpaired) electrons. The van der Waals surface area contributed by atoms with Crippen molar-refractivity contribution in [2.75, 3.05) is 13.2 Å². The number of ketones is 2. The van der Waals surface area contributed by atoms with Gasteiger partial charge in [0.1, 0.15) is 23.6 Å². The first-order valence-electron chi connectivity index (χ1n) is 25.8. The van der Waals surface area contributed by atoms with Gasteiger partial charge in [-0.2, -0.15) is 0 Å². The van der Waals surface area contributed by atoms with E-state index in [1.807, 2.05) is 0 Å². The van der Waals surface area contributed by atoms with Gasteiger partial charge in [-0.3, -0.25) is 23.7 Å². The van der Waals surface area contributed by atoms with Crippen LogP contribution in [0.15, 0.2) is 61.3 Å². The van der Waals surface area contributed by atoms with E-state index in [0.29, 0.717) is 54.3 Å². The molecule has 8 saturated carbocycles. The van der Waals surface area contributed by atoms with Gasteiger partial charge < -0.3 is 18.9 Å². The first-order chi connectivity index (χ1) is 37.4. The second kappa shape index (κ2) is 41.1. The van der Waals surface area contributed by atoms with Gasteiger partial charge >= 0.3 is 0 Å². The van der Waals surface area contributed by atoms with Crippen LogP contribution in [-0.4, -0.2) is 41.6 Å². The lowest BCUT2D eigenvalue weighted by atomic mass is 9.99. The van der Waals surface area contributed by atoms with Crippen molar-refractivity contribution in [1.82, 2.24) is 0 Å². The van der Waals surface area contributed by atoms with Gasteiger partial charge in [0.05, 0.1) is 29.5 Å². The summed E-state index contributed by atoms with van der Waals surface area (Å²) < 4.78 is 166. The summed E-state index contributed by atoms with van der Waals surface area (Å²) in [6, 6.07) is 0. The Kier molecular flexibility index (Phi) is 45.9. The average molecular weight is 1260 g/mol. The molecule has 6 spiro atoms. The number of allylic oxidation sites excluding steroid dienone is 5. The fourth-order valence-corrected chi connectivity index (χ4v) is 14.0. The quantitative estimate of drug-likeness (QED) is 0.178. The van der Waals surface area contributed by atoms with Gasteiger partial charge in [-0.05, 0) is 91.3 Å². The Hall–Kier alpha value is -4.07. The van der Waals surface area contributed by atoms with Crippen molar-refractivity contribution in [1.29, 1.82) is 0 Å². The Morgan fingerprint density at radius 3 is 0.843 bits per heavy atom. The van der Waals surface area contributed by atoms with Gasteiger partial charge in [0.25, 0.3) is 0 Å². The van der Waals surface area contributed by atoms with Gasteiger partial charge in [-0.25, -0.2) is 0 Å². The second-order valence-corrected chi connectivity index (χ2v) is 23.1. The van der Waals surface area contributed by atoms with E-state index in [0.717, 1.165) is 108 Å². The minimum Gasteiger partial charge on any atom is -0.498 e. The molecule has 0 bridgehead atoms. The van der Waals surface area contributed by atoms with E-state index >= 15 is 0 Å². The maximum atomic E-state index is 11.5. The minimum atomic E-state index is -0.0168. The Bertz CT molecular complexity index is 1610. The van der Waals surface area contributed by atoms with Gasteiger partial charge in [0.15, 0.2) is 5.78 Å². The van der Waals surface area contributed by atoms with Crippen molar-refractivity contribution in [2.24, 2.45) is 87.3 Å². The van der Waals surface area contributed by atoms with Crippen LogP contribution in [-0.2, 0) is 28.5 Å². The molecule has 12 fully saturated rings. The standard InChI is InChI=1S/C10H14O.C10H16.3C9H14O.C8H12O2.CH4.9F2.3FH/c1-6-4-9(11)10(5-6)7(2)8(10)3;1-7-4-5-10(6-7)8(2)9(10)3;1-6-4-9(5-10-6)7(2)8(9)3;2*1-6-4-5-9(10-6)7(2)8(9)3;1-5-6(2)8(5)3-7(9)4-10-8;;9*1-2;;;/h7-8H,1,4-5H2,2-3H3;8-9H,1,4-6H2,2-3H3;3*7-8H,1,4-5H2,2-3H3;5-6H,3-4H2,1-2H3;1H4;;;;;;;;;;3*1H. The Balaban J connectivity index is -0.000000157. The van der Waals surface area contributed by atoms with Crippen LogP contribution in [0, 0.1) is 87.3 Å². The van der Waals surface area contributed by atoms with Crippen LogP contribution >= 0.6 is 0 Å². The van der Waals surface area contributed by atoms with E-state index < -0.39 is 0 Å². The maximum absolute atomic E-state index is 11.5. The van der Waals surface area contributed by atoms with Crippen molar-refractivity contribution in [2.45, 2.75) is 178 Å². The number of halogens is 21. The third kappa shape index (κ3) is 20.0. The van der Waals surface area contributed by atoms with Crippen LogP contribution in [0.5, 0.6) is 0 Å². The summed E-state index contributed by atoms with van der Waals surface area (Å²) in [5.41, 5.74) is 4.39. The summed E-state index contributed by atoms with van der Waals surface area (Å²) >= 11 is 0. The zero-order chi connectivity index (χ0) is 63.0. The molecule has 0 aromatic carbocycles. The molecule has 498 valence electrons. The highest BCUT2D eigenvalue weighted by Gasteiger charge is 2.67. The number of carbonyl (C=O) groups is 2. The zero-order valence-electron chi connectivity index (χ0n) is 48.6. The molecule has 0 N–H and O–H groups in total. The highest BCUT2D eigenvalue weighted by atomic mass is 20.0. The molecule has 4 aliphatic heterocycles. The number of Topliss-reactive ketones (excluding diaryl/α,β-unsaturated/α-hetero) is 2. The SMILES string of the molecule is C.C=C1CC(=O)C2(C1)C(C)C2C.C=C1CC2(CO1)C(C)C2C.C=C1CCC2(C1)C(C)C2C.C=C1CCC2(O1)C(C)C2C.C=C1CCC2(O1)C(C)C2C.CC1C(C)C12CC(=O)CO2.F.F.F.FF.FF.FF.FF.FF.FF.FF.FF.FF. The van der Waals surface area contributed by atoms with Crippen molar-refractivity contribution in [3.05, 3.63) is 61.3 Å². The largest absolute Gasteiger partial charge is 0.498 e. The number of ether oxygens (including phenoxy) is 4. The van der Waals surface area contributed by atoms with Gasteiger partial charge in [-0.1, -0.05) is 135 Å². The van der Waals surface area contributed by atoms with Crippen LogP contribution in [0.25, 0.3) is 0 Å². The molecule has 12 unspecified atom stereocenters. The fourth-order valence-electron chi connectivity index (χ4n) is 14.0. The summed E-state index contributed by atoms with van der Waals surface area (Å²) in [7, 11) is 0. The van der Waals surface area contributed by atoms with Gasteiger partial charge in [0, 0.05) is 149 Å². The molecule has 12 atom stereocenters. The van der Waals surface area contributed by atoms with E-state index in [2.05, 4.69) is 116 Å². The molecular weight excluding hydrogens is 1170 g/mol. The Morgan fingerprint density at radius 2 is 0.723 bits per heavy atom. The summed E-state index contributed by atoms with van der Waals surface area (Å²) in [6.07, 6.45) is 12.0. The molecule has 4 saturated heterocycles. The predicted octanol–water partition coefficient (Wildman–Crippen LogP) is 21.7. The molecule has 83 heavy (non-hydrogen) atoms. The third-order valence-corrected chi connectivity index (χ3v) is 21.0. The average Bonchev–Trinajstić information content (AvgIpc) is 4.22. The molecule has 6 nitrogen and oxygen atoms in total. The lowest BCUT2D eigenvalue weighted by Crippen LogP contribution is -2.10. The smallest absolute Gasteiger partial charge is 0.161 e. The molecular formula is C56H91F21O6. The summed E-state index contributed by atoms with van der Waals surface area (Å²) in [5, 5.41) is 0. The highest BCUT2D eigenvalue weighted by Crippen LogP contribution is 2.69. The van der Waals surface area contributed by atoms with E-state index in [1.165, 1.54) is 37.7 Å². The number of rotatable bonds is 0. The van der Waals surface area contributed by atoms with Crippen molar-refractivity contribution in [3.63, 3.8) is 0 Å². The summed E-state index contributed by atoms with van der Waals surface area (Å²) in [6.45, 7) is 47.9. The molecule has 12 aliphatic rings. The maximum Gasteiger partial charge on any atom is 0.161 e. The zero-order valence-corrected chi connectivity index (χ0v) is 48.6. The van der Waals surface area contributed by atoms with Crippen molar-refractivity contribution >= 4 is 11.6 Å². The molecule has 4 heterocycles. The van der Waals surface area contributed by atoms with E-state index in [4.69, 9.17) is 101 Å². The second-order valence-electron chi connectivity index (χ2n) is 23.1. The summed E-state index contributed by atoms with van der Waals surface area (Å²) in [5.74, 6) is 12.8.